The van der Waals surface area contributed by atoms with Gasteiger partial charge in [-0.3, -0.25) is 4.98 Å². The van der Waals surface area contributed by atoms with Crippen molar-refractivity contribution in [1.82, 2.24) is 19.9 Å². The van der Waals surface area contributed by atoms with Crippen LogP contribution in [0.2, 0.25) is 5.28 Å². The van der Waals surface area contributed by atoms with Gasteiger partial charge in [0.05, 0.1) is 7.11 Å². The SMILES string of the molecule is COc1nc(Cl)nc(Nc2cccc3cnccc23)n1. The average molecular weight is 288 g/mol. The fourth-order valence-corrected chi connectivity index (χ4v) is 1.98. The molecule has 0 aliphatic heterocycles. The average Bonchev–Trinajstić information content (AvgIpc) is 2.47. The Morgan fingerprint density at radius 1 is 1.15 bits per heavy atom. The Kier molecular flexibility index (Phi) is 3.30. The Balaban J connectivity index is 2.03. The third-order valence-electron chi connectivity index (χ3n) is 2.70. The second-order valence-electron chi connectivity index (χ2n) is 3.94. The molecule has 20 heavy (non-hydrogen) atoms. The Morgan fingerprint density at radius 3 is 2.90 bits per heavy atom. The van der Waals surface area contributed by atoms with Crippen molar-refractivity contribution in [3.63, 3.8) is 0 Å². The van der Waals surface area contributed by atoms with E-state index in [4.69, 9.17) is 16.3 Å². The number of nitrogens with zero attached hydrogens (tertiary/aromatic N) is 4. The van der Waals surface area contributed by atoms with Gasteiger partial charge in [0, 0.05) is 28.9 Å². The van der Waals surface area contributed by atoms with E-state index in [0.717, 1.165) is 16.5 Å². The first-order valence-corrected chi connectivity index (χ1v) is 6.19. The van der Waals surface area contributed by atoms with Crippen molar-refractivity contribution in [2.24, 2.45) is 0 Å². The van der Waals surface area contributed by atoms with E-state index in [1.165, 1.54) is 7.11 Å². The molecule has 0 unspecified atom stereocenters. The first kappa shape index (κ1) is 12.6. The molecule has 0 atom stereocenters. The van der Waals surface area contributed by atoms with E-state index in [0.29, 0.717) is 5.95 Å². The van der Waals surface area contributed by atoms with Crippen LogP contribution in [0.4, 0.5) is 11.6 Å². The van der Waals surface area contributed by atoms with Crippen molar-refractivity contribution >= 4 is 34.0 Å². The standard InChI is InChI=1S/C13H10ClN5O/c1-20-13-18-11(14)17-12(19-13)16-10-4-2-3-8-7-15-6-5-9(8)10/h2-7H,1H3,(H,16,17,18,19). The highest BCUT2D eigenvalue weighted by atomic mass is 35.5. The predicted octanol–water partition coefficient (Wildman–Crippen LogP) is 2.83. The fourth-order valence-electron chi connectivity index (χ4n) is 1.83. The van der Waals surface area contributed by atoms with Gasteiger partial charge in [-0.05, 0) is 23.7 Å². The number of hydrogen-bond donors (Lipinski definition) is 1. The number of anilines is 2. The first-order valence-electron chi connectivity index (χ1n) is 5.81. The van der Waals surface area contributed by atoms with Gasteiger partial charge in [0.1, 0.15) is 0 Å². The lowest BCUT2D eigenvalue weighted by atomic mass is 10.1. The van der Waals surface area contributed by atoms with Crippen LogP contribution < -0.4 is 10.1 Å². The van der Waals surface area contributed by atoms with E-state index in [1.54, 1.807) is 12.4 Å². The molecule has 100 valence electrons. The molecule has 0 saturated heterocycles. The molecule has 2 heterocycles. The minimum absolute atomic E-state index is 0.0706. The molecule has 0 radical (unpaired) electrons. The maximum absolute atomic E-state index is 5.82. The molecular weight excluding hydrogens is 278 g/mol. The monoisotopic (exact) mass is 287 g/mol. The fraction of sp³-hybridized carbons (Fsp3) is 0.0769. The second kappa shape index (κ2) is 5.26. The quantitative estimate of drug-likeness (QED) is 0.798. The summed E-state index contributed by atoms with van der Waals surface area (Å²) in [5.74, 6) is 0.325. The van der Waals surface area contributed by atoms with Crippen LogP contribution in [0.3, 0.4) is 0 Å². The number of methoxy groups -OCH3 is 1. The van der Waals surface area contributed by atoms with Gasteiger partial charge in [-0.2, -0.15) is 15.0 Å². The molecule has 1 aromatic carbocycles. The zero-order valence-electron chi connectivity index (χ0n) is 10.5. The van der Waals surface area contributed by atoms with Crippen LogP contribution in [0.1, 0.15) is 0 Å². The summed E-state index contributed by atoms with van der Waals surface area (Å²) in [5, 5.41) is 5.21. The van der Waals surface area contributed by atoms with Crippen molar-refractivity contribution in [2.45, 2.75) is 0 Å². The highest BCUT2D eigenvalue weighted by Crippen LogP contribution is 2.25. The number of halogens is 1. The van der Waals surface area contributed by atoms with Crippen LogP contribution in [0.5, 0.6) is 6.01 Å². The molecule has 0 aliphatic carbocycles. The highest BCUT2D eigenvalue weighted by molar-refractivity contribution is 6.28. The largest absolute Gasteiger partial charge is 0.467 e. The summed E-state index contributed by atoms with van der Waals surface area (Å²) in [6, 6.07) is 7.90. The number of benzene rings is 1. The zero-order valence-corrected chi connectivity index (χ0v) is 11.3. The van der Waals surface area contributed by atoms with Gasteiger partial charge in [0.15, 0.2) is 0 Å². The molecule has 3 aromatic rings. The lowest BCUT2D eigenvalue weighted by Crippen LogP contribution is -2.02. The molecule has 1 N–H and O–H groups in total. The minimum Gasteiger partial charge on any atom is -0.467 e. The van der Waals surface area contributed by atoms with Gasteiger partial charge in [0.25, 0.3) is 0 Å². The Labute approximate surface area is 119 Å². The Bertz CT molecular complexity index is 759. The highest BCUT2D eigenvalue weighted by Gasteiger charge is 2.07. The van der Waals surface area contributed by atoms with Crippen LogP contribution in [0.25, 0.3) is 10.8 Å². The van der Waals surface area contributed by atoms with Crippen molar-refractivity contribution in [3.05, 3.63) is 41.9 Å². The summed E-state index contributed by atoms with van der Waals surface area (Å²) in [5.41, 5.74) is 0.856. The summed E-state index contributed by atoms with van der Waals surface area (Å²) in [7, 11) is 1.47. The van der Waals surface area contributed by atoms with Crippen molar-refractivity contribution in [2.75, 3.05) is 12.4 Å². The Morgan fingerprint density at radius 2 is 2.05 bits per heavy atom. The number of pyridine rings is 1. The third-order valence-corrected chi connectivity index (χ3v) is 2.87. The number of aromatic nitrogens is 4. The molecule has 0 saturated carbocycles. The summed E-state index contributed by atoms with van der Waals surface area (Å²) in [4.78, 5) is 16.0. The zero-order chi connectivity index (χ0) is 13.9. The smallest absolute Gasteiger partial charge is 0.322 e. The number of ether oxygens (including phenoxy) is 1. The molecule has 0 aliphatic rings. The number of nitrogens with one attached hydrogen (secondary N) is 1. The van der Waals surface area contributed by atoms with E-state index in [9.17, 15) is 0 Å². The minimum atomic E-state index is 0.0706. The normalized spacial score (nSPS) is 10.5. The van der Waals surface area contributed by atoms with Crippen molar-refractivity contribution in [1.29, 1.82) is 0 Å². The molecule has 0 amide bonds. The molecule has 3 rings (SSSR count). The van der Waals surface area contributed by atoms with E-state index >= 15 is 0 Å². The summed E-state index contributed by atoms with van der Waals surface area (Å²) in [6.07, 6.45) is 3.52. The number of hydrogen-bond acceptors (Lipinski definition) is 6. The molecule has 0 bridgehead atoms. The van der Waals surface area contributed by atoms with Gasteiger partial charge >= 0.3 is 6.01 Å². The van der Waals surface area contributed by atoms with Crippen molar-refractivity contribution < 1.29 is 4.74 Å². The van der Waals surface area contributed by atoms with Crippen LogP contribution >= 0.6 is 11.6 Å². The van der Waals surface area contributed by atoms with Gasteiger partial charge in [0.2, 0.25) is 11.2 Å². The van der Waals surface area contributed by atoms with E-state index in [-0.39, 0.29) is 11.3 Å². The topological polar surface area (TPSA) is 72.8 Å². The second-order valence-corrected chi connectivity index (χ2v) is 4.28. The maximum Gasteiger partial charge on any atom is 0.322 e. The molecular formula is C13H10ClN5O. The molecule has 0 spiro atoms. The van der Waals surface area contributed by atoms with Crippen LogP contribution in [0, 0.1) is 0 Å². The lowest BCUT2D eigenvalue weighted by Gasteiger charge is -2.08. The predicted molar refractivity (Wildman–Crippen MR) is 76.4 cm³/mol. The van der Waals surface area contributed by atoms with E-state index < -0.39 is 0 Å². The summed E-state index contributed by atoms with van der Waals surface area (Å²) >= 11 is 5.82. The van der Waals surface area contributed by atoms with Gasteiger partial charge in [-0.25, -0.2) is 0 Å². The molecule has 2 aromatic heterocycles. The van der Waals surface area contributed by atoms with Crippen LogP contribution in [0.15, 0.2) is 36.7 Å². The third kappa shape index (κ3) is 2.46. The van der Waals surface area contributed by atoms with Crippen molar-refractivity contribution in [3.8, 4) is 6.01 Å². The van der Waals surface area contributed by atoms with Crippen LogP contribution in [-0.4, -0.2) is 27.0 Å². The van der Waals surface area contributed by atoms with Gasteiger partial charge in [-0.1, -0.05) is 12.1 Å². The van der Waals surface area contributed by atoms with Gasteiger partial charge in [-0.15, -0.1) is 0 Å². The molecule has 6 nitrogen and oxygen atoms in total. The molecule has 7 heteroatoms. The van der Waals surface area contributed by atoms with Crippen LogP contribution in [-0.2, 0) is 0 Å². The first-order chi connectivity index (χ1) is 9.76. The number of fused-ring (bicyclic) bond motifs is 1. The maximum atomic E-state index is 5.82. The Hall–Kier alpha value is -2.47. The van der Waals surface area contributed by atoms with E-state index in [1.807, 2.05) is 24.3 Å². The number of rotatable bonds is 3. The summed E-state index contributed by atoms with van der Waals surface area (Å²) in [6.45, 7) is 0. The lowest BCUT2D eigenvalue weighted by molar-refractivity contribution is 0.379. The molecule has 0 fully saturated rings. The van der Waals surface area contributed by atoms with Gasteiger partial charge < -0.3 is 10.1 Å². The van der Waals surface area contributed by atoms with E-state index in [2.05, 4.69) is 25.3 Å². The summed E-state index contributed by atoms with van der Waals surface area (Å²) < 4.78 is 4.96.